The van der Waals surface area contributed by atoms with Gasteiger partial charge in [0.05, 0.1) is 18.2 Å². The SMILES string of the molecule is N#Cc1ccc(C(=O)Nc2ccccc2CO)cc1. The average molecular weight is 252 g/mol. The van der Waals surface area contributed by atoms with Gasteiger partial charge in [0.15, 0.2) is 0 Å². The van der Waals surface area contributed by atoms with E-state index in [0.717, 1.165) is 0 Å². The van der Waals surface area contributed by atoms with Crippen molar-refractivity contribution in [2.75, 3.05) is 5.32 Å². The van der Waals surface area contributed by atoms with E-state index in [9.17, 15) is 9.90 Å². The van der Waals surface area contributed by atoms with Crippen LogP contribution in [-0.2, 0) is 6.61 Å². The minimum atomic E-state index is -0.273. The molecule has 2 N–H and O–H groups in total. The standard InChI is InChI=1S/C15H12N2O2/c16-9-11-5-7-12(8-6-11)15(19)17-14-4-2-1-3-13(14)10-18/h1-8,18H,10H2,(H,17,19). The second kappa shape index (κ2) is 5.80. The Balaban J connectivity index is 2.18. The summed E-state index contributed by atoms with van der Waals surface area (Å²) >= 11 is 0. The van der Waals surface area contributed by atoms with Crippen LogP contribution in [0, 0.1) is 11.3 Å². The molecule has 2 rings (SSSR count). The number of benzene rings is 2. The van der Waals surface area contributed by atoms with Crippen molar-refractivity contribution >= 4 is 11.6 Å². The molecule has 0 spiro atoms. The van der Waals surface area contributed by atoms with E-state index in [1.807, 2.05) is 6.07 Å². The van der Waals surface area contributed by atoms with Gasteiger partial charge in [-0.25, -0.2) is 0 Å². The van der Waals surface area contributed by atoms with Gasteiger partial charge >= 0.3 is 0 Å². The van der Waals surface area contributed by atoms with E-state index >= 15 is 0 Å². The first-order valence-electron chi connectivity index (χ1n) is 5.75. The normalized spacial score (nSPS) is 9.68. The highest BCUT2D eigenvalue weighted by Crippen LogP contribution is 2.16. The number of hydrogen-bond donors (Lipinski definition) is 2. The Hall–Kier alpha value is -2.64. The number of hydrogen-bond acceptors (Lipinski definition) is 3. The van der Waals surface area contributed by atoms with E-state index in [0.29, 0.717) is 22.4 Å². The fraction of sp³-hybridized carbons (Fsp3) is 0.0667. The van der Waals surface area contributed by atoms with Gasteiger partial charge in [-0.15, -0.1) is 0 Å². The van der Waals surface area contributed by atoms with E-state index < -0.39 is 0 Å². The lowest BCUT2D eigenvalue weighted by atomic mass is 10.1. The van der Waals surface area contributed by atoms with Gasteiger partial charge in [-0.3, -0.25) is 4.79 Å². The third-order valence-corrected chi connectivity index (χ3v) is 2.71. The van der Waals surface area contributed by atoms with Gasteiger partial charge in [0.25, 0.3) is 5.91 Å². The Morgan fingerprint density at radius 3 is 2.47 bits per heavy atom. The van der Waals surface area contributed by atoms with Crippen LogP contribution in [-0.4, -0.2) is 11.0 Å². The first-order chi connectivity index (χ1) is 9.24. The lowest BCUT2D eigenvalue weighted by molar-refractivity contribution is 0.102. The number of amides is 1. The summed E-state index contributed by atoms with van der Waals surface area (Å²) in [5.74, 6) is -0.273. The minimum Gasteiger partial charge on any atom is -0.392 e. The van der Waals surface area contributed by atoms with Gasteiger partial charge in [0.1, 0.15) is 0 Å². The zero-order valence-corrected chi connectivity index (χ0v) is 10.1. The summed E-state index contributed by atoms with van der Waals surface area (Å²) < 4.78 is 0. The molecule has 0 saturated heterocycles. The molecule has 0 atom stereocenters. The maximum Gasteiger partial charge on any atom is 0.255 e. The first kappa shape index (κ1) is 12.8. The number of carbonyl (C=O) groups is 1. The van der Waals surface area contributed by atoms with Crippen molar-refractivity contribution in [2.45, 2.75) is 6.61 Å². The molecule has 0 unspecified atom stereocenters. The van der Waals surface area contributed by atoms with Crippen molar-refractivity contribution in [3.63, 3.8) is 0 Å². The number of para-hydroxylation sites is 1. The van der Waals surface area contributed by atoms with Gasteiger partial charge in [-0.05, 0) is 30.3 Å². The molecule has 1 amide bonds. The lowest BCUT2D eigenvalue weighted by Crippen LogP contribution is -2.13. The van der Waals surface area contributed by atoms with Crippen molar-refractivity contribution in [3.05, 3.63) is 65.2 Å². The van der Waals surface area contributed by atoms with Gasteiger partial charge in [0, 0.05) is 16.8 Å². The number of aliphatic hydroxyl groups excluding tert-OH is 1. The smallest absolute Gasteiger partial charge is 0.255 e. The van der Waals surface area contributed by atoms with Crippen molar-refractivity contribution in [1.82, 2.24) is 0 Å². The lowest BCUT2D eigenvalue weighted by Gasteiger charge is -2.09. The summed E-state index contributed by atoms with van der Waals surface area (Å²) in [4.78, 5) is 12.0. The Kier molecular flexibility index (Phi) is 3.91. The molecule has 0 bridgehead atoms. The van der Waals surface area contributed by atoms with Crippen molar-refractivity contribution < 1.29 is 9.90 Å². The fourth-order valence-electron chi connectivity index (χ4n) is 1.67. The summed E-state index contributed by atoms with van der Waals surface area (Å²) in [6.45, 7) is -0.135. The molecular weight excluding hydrogens is 240 g/mol. The number of aliphatic hydroxyl groups is 1. The fourth-order valence-corrected chi connectivity index (χ4v) is 1.67. The number of nitrogens with one attached hydrogen (secondary N) is 1. The maximum absolute atomic E-state index is 12.0. The topological polar surface area (TPSA) is 73.1 Å². The second-order valence-electron chi connectivity index (χ2n) is 3.96. The van der Waals surface area contributed by atoms with E-state index in [1.54, 1.807) is 48.5 Å². The predicted octanol–water partition coefficient (Wildman–Crippen LogP) is 2.30. The van der Waals surface area contributed by atoms with Crippen LogP contribution in [0.25, 0.3) is 0 Å². The van der Waals surface area contributed by atoms with E-state index in [1.165, 1.54) is 0 Å². The van der Waals surface area contributed by atoms with E-state index in [4.69, 9.17) is 5.26 Å². The monoisotopic (exact) mass is 252 g/mol. The molecule has 19 heavy (non-hydrogen) atoms. The second-order valence-corrected chi connectivity index (χ2v) is 3.96. The molecule has 0 heterocycles. The quantitative estimate of drug-likeness (QED) is 0.880. The maximum atomic E-state index is 12.0. The van der Waals surface area contributed by atoms with Crippen LogP contribution < -0.4 is 5.32 Å². The van der Waals surface area contributed by atoms with Gasteiger partial charge in [0.2, 0.25) is 0 Å². The molecule has 94 valence electrons. The Morgan fingerprint density at radius 2 is 1.84 bits per heavy atom. The van der Waals surface area contributed by atoms with Crippen LogP contribution in [0.2, 0.25) is 0 Å². The number of rotatable bonds is 3. The van der Waals surface area contributed by atoms with Crippen molar-refractivity contribution in [1.29, 1.82) is 5.26 Å². The number of nitrogens with zero attached hydrogens (tertiary/aromatic N) is 1. The molecule has 0 radical (unpaired) electrons. The molecule has 0 saturated carbocycles. The molecule has 0 aromatic heterocycles. The molecule has 0 aliphatic rings. The highest BCUT2D eigenvalue weighted by molar-refractivity contribution is 6.04. The van der Waals surface area contributed by atoms with Crippen LogP contribution >= 0.6 is 0 Å². The molecule has 0 aliphatic carbocycles. The van der Waals surface area contributed by atoms with Crippen molar-refractivity contribution in [2.24, 2.45) is 0 Å². The largest absolute Gasteiger partial charge is 0.392 e. The van der Waals surface area contributed by atoms with Crippen LogP contribution in [0.15, 0.2) is 48.5 Å². The van der Waals surface area contributed by atoms with Crippen molar-refractivity contribution in [3.8, 4) is 6.07 Å². The number of anilines is 1. The summed E-state index contributed by atoms with van der Waals surface area (Å²) in [6.07, 6.45) is 0. The molecule has 4 heteroatoms. The zero-order valence-electron chi connectivity index (χ0n) is 10.1. The first-order valence-corrected chi connectivity index (χ1v) is 5.75. The third kappa shape index (κ3) is 2.97. The molecule has 2 aromatic rings. The van der Waals surface area contributed by atoms with Gasteiger partial charge in [-0.2, -0.15) is 5.26 Å². The Morgan fingerprint density at radius 1 is 1.16 bits per heavy atom. The van der Waals surface area contributed by atoms with Gasteiger partial charge < -0.3 is 10.4 Å². The average Bonchev–Trinajstić information content (AvgIpc) is 2.48. The summed E-state index contributed by atoms with van der Waals surface area (Å²) in [6, 6.07) is 15.4. The Labute approximate surface area is 110 Å². The predicted molar refractivity (Wildman–Crippen MR) is 71.5 cm³/mol. The van der Waals surface area contributed by atoms with Crippen LogP contribution in [0.4, 0.5) is 5.69 Å². The molecule has 4 nitrogen and oxygen atoms in total. The zero-order chi connectivity index (χ0) is 13.7. The summed E-state index contributed by atoms with van der Waals surface area (Å²) in [7, 11) is 0. The third-order valence-electron chi connectivity index (χ3n) is 2.71. The molecule has 0 fully saturated rings. The highest BCUT2D eigenvalue weighted by atomic mass is 16.3. The van der Waals surface area contributed by atoms with Crippen LogP contribution in [0.1, 0.15) is 21.5 Å². The van der Waals surface area contributed by atoms with E-state index in [2.05, 4.69) is 5.32 Å². The number of nitriles is 1. The molecule has 0 aliphatic heterocycles. The summed E-state index contributed by atoms with van der Waals surface area (Å²) in [5.41, 5.74) is 2.21. The molecular formula is C15H12N2O2. The van der Waals surface area contributed by atoms with E-state index in [-0.39, 0.29) is 12.5 Å². The number of carbonyl (C=O) groups excluding carboxylic acids is 1. The molecule has 2 aromatic carbocycles. The van der Waals surface area contributed by atoms with Crippen LogP contribution in [0.3, 0.4) is 0 Å². The van der Waals surface area contributed by atoms with Gasteiger partial charge in [-0.1, -0.05) is 18.2 Å². The summed E-state index contributed by atoms with van der Waals surface area (Å²) in [5, 5.41) is 20.6. The Bertz CT molecular complexity index is 627. The highest BCUT2D eigenvalue weighted by Gasteiger charge is 2.08. The minimum absolute atomic E-state index is 0.135. The van der Waals surface area contributed by atoms with Crippen LogP contribution in [0.5, 0.6) is 0 Å².